The van der Waals surface area contributed by atoms with Crippen LogP contribution in [0.15, 0.2) is 77.4 Å². The number of fused-ring (bicyclic) bond motifs is 1. The van der Waals surface area contributed by atoms with E-state index in [0.717, 1.165) is 22.7 Å². The van der Waals surface area contributed by atoms with Crippen LogP contribution < -0.4 is 4.90 Å². The van der Waals surface area contributed by atoms with Crippen LogP contribution in [0.5, 0.6) is 0 Å². The molecule has 0 saturated carbocycles. The topological polar surface area (TPSA) is 46.3 Å². The number of thiazole rings is 1. The molecule has 1 aliphatic heterocycles. The molecule has 5 heteroatoms. The van der Waals surface area contributed by atoms with Crippen molar-refractivity contribution in [1.29, 1.82) is 0 Å². The van der Waals surface area contributed by atoms with Crippen LogP contribution in [-0.4, -0.2) is 17.4 Å². The van der Waals surface area contributed by atoms with E-state index in [2.05, 4.69) is 6.07 Å². The maximum Gasteiger partial charge on any atom is 0.270 e. The van der Waals surface area contributed by atoms with Crippen molar-refractivity contribution in [2.45, 2.75) is 6.42 Å². The molecule has 0 fully saturated rings. The molecule has 0 atom stereocenters. The van der Waals surface area contributed by atoms with E-state index >= 15 is 0 Å². The first-order chi connectivity index (χ1) is 13.3. The van der Waals surface area contributed by atoms with Gasteiger partial charge in [0.1, 0.15) is 4.88 Å². The lowest BCUT2D eigenvalue weighted by atomic mass is 10.1. The third-order valence-corrected chi connectivity index (χ3v) is 5.79. The molecular formula is C22H16N2O2S. The Kier molecular flexibility index (Phi) is 3.87. The SMILES string of the molecule is O=C(c1sc(-c2ccco2)nc1-c1ccccc1)N1CCc2ccccc21. The second-order valence-electron chi connectivity index (χ2n) is 6.38. The van der Waals surface area contributed by atoms with Gasteiger partial charge in [0, 0.05) is 17.8 Å². The van der Waals surface area contributed by atoms with E-state index in [4.69, 9.17) is 9.40 Å². The fraction of sp³-hybridized carbons (Fsp3) is 0.0909. The number of carbonyl (C=O) groups is 1. The van der Waals surface area contributed by atoms with Crippen molar-refractivity contribution in [1.82, 2.24) is 4.98 Å². The average Bonchev–Trinajstić information content (AvgIpc) is 3.46. The molecular weight excluding hydrogens is 356 g/mol. The summed E-state index contributed by atoms with van der Waals surface area (Å²) in [5.74, 6) is 0.673. The van der Waals surface area contributed by atoms with Gasteiger partial charge in [-0.15, -0.1) is 11.3 Å². The van der Waals surface area contributed by atoms with Gasteiger partial charge in [0.2, 0.25) is 0 Å². The standard InChI is InChI=1S/C22H16N2O2S/c25-22(24-13-12-15-7-4-5-10-17(15)24)20-19(16-8-2-1-3-9-16)23-21(27-20)18-11-6-14-26-18/h1-11,14H,12-13H2. The van der Waals surface area contributed by atoms with Gasteiger partial charge in [0.05, 0.1) is 12.0 Å². The lowest BCUT2D eigenvalue weighted by Crippen LogP contribution is -2.28. The van der Waals surface area contributed by atoms with Crippen molar-refractivity contribution >= 4 is 22.9 Å². The van der Waals surface area contributed by atoms with E-state index in [9.17, 15) is 4.79 Å². The number of amides is 1. The van der Waals surface area contributed by atoms with Crippen molar-refractivity contribution in [3.63, 3.8) is 0 Å². The highest BCUT2D eigenvalue weighted by atomic mass is 32.1. The Morgan fingerprint density at radius 1 is 1.00 bits per heavy atom. The molecule has 132 valence electrons. The largest absolute Gasteiger partial charge is 0.462 e. The molecule has 5 rings (SSSR count). The summed E-state index contributed by atoms with van der Waals surface area (Å²) in [6.07, 6.45) is 2.50. The second kappa shape index (κ2) is 6.52. The molecule has 1 aliphatic rings. The molecule has 0 radical (unpaired) electrons. The summed E-state index contributed by atoms with van der Waals surface area (Å²) in [7, 11) is 0. The smallest absolute Gasteiger partial charge is 0.270 e. The van der Waals surface area contributed by atoms with Crippen molar-refractivity contribution in [2.24, 2.45) is 0 Å². The van der Waals surface area contributed by atoms with Gasteiger partial charge < -0.3 is 9.32 Å². The highest BCUT2D eigenvalue weighted by Gasteiger charge is 2.30. The molecule has 1 amide bonds. The Labute approximate surface area is 160 Å². The fourth-order valence-corrected chi connectivity index (χ4v) is 4.44. The lowest BCUT2D eigenvalue weighted by molar-refractivity contribution is 0.0993. The van der Waals surface area contributed by atoms with Gasteiger partial charge in [-0.05, 0) is 30.2 Å². The van der Waals surface area contributed by atoms with Gasteiger partial charge in [-0.3, -0.25) is 4.79 Å². The summed E-state index contributed by atoms with van der Waals surface area (Å²) >= 11 is 1.39. The van der Waals surface area contributed by atoms with Gasteiger partial charge in [0.15, 0.2) is 10.8 Å². The van der Waals surface area contributed by atoms with Crippen LogP contribution in [0, 0.1) is 0 Å². The Morgan fingerprint density at radius 3 is 2.63 bits per heavy atom. The van der Waals surface area contributed by atoms with E-state index in [1.165, 1.54) is 16.9 Å². The van der Waals surface area contributed by atoms with Crippen LogP contribution in [0.2, 0.25) is 0 Å². The summed E-state index contributed by atoms with van der Waals surface area (Å²) < 4.78 is 5.51. The molecule has 4 aromatic rings. The van der Waals surface area contributed by atoms with Crippen LogP contribution >= 0.6 is 11.3 Å². The molecule has 27 heavy (non-hydrogen) atoms. The Hall–Kier alpha value is -3.18. The molecule has 0 aliphatic carbocycles. The maximum atomic E-state index is 13.5. The number of para-hydroxylation sites is 1. The summed E-state index contributed by atoms with van der Waals surface area (Å²) in [5.41, 5.74) is 3.85. The zero-order chi connectivity index (χ0) is 18.2. The Morgan fingerprint density at radius 2 is 1.81 bits per heavy atom. The first kappa shape index (κ1) is 16.0. The van der Waals surface area contributed by atoms with Crippen molar-refractivity contribution in [3.8, 4) is 22.0 Å². The monoisotopic (exact) mass is 372 g/mol. The number of carbonyl (C=O) groups excluding carboxylic acids is 1. The molecule has 0 N–H and O–H groups in total. The van der Waals surface area contributed by atoms with E-state index in [0.29, 0.717) is 22.9 Å². The summed E-state index contributed by atoms with van der Waals surface area (Å²) in [4.78, 5) is 20.7. The fourth-order valence-electron chi connectivity index (χ4n) is 3.43. The van der Waals surface area contributed by atoms with Gasteiger partial charge in [-0.1, -0.05) is 48.5 Å². The third-order valence-electron chi connectivity index (χ3n) is 4.73. The minimum Gasteiger partial charge on any atom is -0.462 e. The van der Waals surface area contributed by atoms with Crippen LogP contribution in [0.3, 0.4) is 0 Å². The summed E-state index contributed by atoms with van der Waals surface area (Å²) in [5, 5.41) is 0.717. The van der Waals surface area contributed by atoms with Crippen molar-refractivity contribution in [2.75, 3.05) is 11.4 Å². The molecule has 3 heterocycles. The molecule has 0 saturated heterocycles. The number of hydrogen-bond donors (Lipinski definition) is 0. The van der Waals surface area contributed by atoms with Gasteiger partial charge in [-0.2, -0.15) is 0 Å². The van der Waals surface area contributed by atoms with E-state index < -0.39 is 0 Å². The van der Waals surface area contributed by atoms with Gasteiger partial charge in [0.25, 0.3) is 5.91 Å². The minimum absolute atomic E-state index is 0.00545. The summed E-state index contributed by atoms with van der Waals surface area (Å²) in [6.45, 7) is 0.695. The number of anilines is 1. The van der Waals surface area contributed by atoms with Crippen LogP contribution in [-0.2, 0) is 6.42 Å². The van der Waals surface area contributed by atoms with E-state index in [1.54, 1.807) is 6.26 Å². The second-order valence-corrected chi connectivity index (χ2v) is 7.37. The molecule has 0 spiro atoms. The van der Waals surface area contributed by atoms with Crippen molar-refractivity contribution < 1.29 is 9.21 Å². The highest BCUT2D eigenvalue weighted by molar-refractivity contribution is 7.17. The van der Waals surface area contributed by atoms with Gasteiger partial charge >= 0.3 is 0 Å². The Balaban J connectivity index is 1.62. The van der Waals surface area contributed by atoms with E-state index in [-0.39, 0.29) is 5.91 Å². The van der Waals surface area contributed by atoms with Crippen LogP contribution in [0.1, 0.15) is 15.2 Å². The number of aromatic nitrogens is 1. The number of furan rings is 1. The number of benzene rings is 2. The molecule has 2 aromatic heterocycles. The highest BCUT2D eigenvalue weighted by Crippen LogP contribution is 2.37. The van der Waals surface area contributed by atoms with E-state index in [1.807, 2.05) is 65.6 Å². The minimum atomic E-state index is -0.00545. The maximum absolute atomic E-state index is 13.5. The number of hydrogen-bond acceptors (Lipinski definition) is 4. The quantitative estimate of drug-likeness (QED) is 0.492. The third kappa shape index (κ3) is 2.76. The Bertz CT molecular complexity index is 1100. The van der Waals surface area contributed by atoms with Crippen molar-refractivity contribution in [3.05, 3.63) is 83.4 Å². The van der Waals surface area contributed by atoms with Crippen LogP contribution in [0.25, 0.3) is 22.0 Å². The predicted octanol–water partition coefficient (Wildman–Crippen LogP) is 5.27. The zero-order valence-corrected chi connectivity index (χ0v) is 15.3. The number of nitrogens with zero attached hydrogens (tertiary/aromatic N) is 2. The normalized spacial score (nSPS) is 13.0. The zero-order valence-electron chi connectivity index (χ0n) is 14.5. The number of rotatable bonds is 3. The average molecular weight is 372 g/mol. The summed E-state index contributed by atoms with van der Waals surface area (Å²) in [6, 6.07) is 21.6. The predicted molar refractivity (Wildman–Crippen MR) is 107 cm³/mol. The van der Waals surface area contributed by atoms with Gasteiger partial charge in [-0.25, -0.2) is 4.98 Å². The molecule has 0 unspecified atom stereocenters. The molecule has 2 aromatic carbocycles. The molecule has 0 bridgehead atoms. The van der Waals surface area contributed by atoms with Crippen LogP contribution in [0.4, 0.5) is 5.69 Å². The first-order valence-corrected chi connectivity index (χ1v) is 9.63. The lowest BCUT2D eigenvalue weighted by Gasteiger charge is -2.17. The molecule has 4 nitrogen and oxygen atoms in total. The first-order valence-electron chi connectivity index (χ1n) is 8.81.